The van der Waals surface area contributed by atoms with Crippen LogP contribution in [0.5, 0.6) is 0 Å². The second kappa shape index (κ2) is 9.16. The summed E-state index contributed by atoms with van der Waals surface area (Å²) in [5.41, 5.74) is 3.73. The van der Waals surface area contributed by atoms with Gasteiger partial charge in [-0.05, 0) is 50.1 Å². The number of rotatable bonds is 5. The second-order valence-corrected chi connectivity index (χ2v) is 8.19. The highest BCUT2D eigenvalue weighted by atomic mass is 16.3. The first-order valence-corrected chi connectivity index (χ1v) is 10.7. The van der Waals surface area contributed by atoms with E-state index in [2.05, 4.69) is 0 Å². The summed E-state index contributed by atoms with van der Waals surface area (Å²) in [6, 6.07) is 20.0. The topological polar surface area (TPSA) is 91.4 Å². The van der Waals surface area contributed by atoms with Crippen LogP contribution in [0.25, 0.3) is 17.4 Å². The van der Waals surface area contributed by atoms with E-state index in [1.165, 1.54) is 6.92 Å². The molecule has 3 aromatic rings. The average molecular weight is 450 g/mol. The molecule has 6 nitrogen and oxygen atoms in total. The molecule has 4 rings (SSSR count). The Hall–Kier alpha value is -4.50. The van der Waals surface area contributed by atoms with Gasteiger partial charge in [-0.3, -0.25) is 19.3 Å². The predicted molar refractivity (Wildman–Crippen MR) is 127 cm³/mol. The highest BCUT2D eigenvalue weighted by molar-refractivity contribution is 6.19. The number of benzene rings is 2. The van der Waals surface area contributed by atoms with E-state index < -0.39 is 11.8 Å². The van der Waals surface area contributed by atoms with Gasteiger partial charge in [0.15, 0.2) is 5.78 Å². The first-order chi connectivity index (χ1) is 16.3. The molecule has 1 aliphatic heterocycles. The predicted octanol–water partition coefficient (Wildman–Crippen LogP) is 5.25. The summed E-state index contributed by atoms with van der Waals surface area (Å²) in [7, 11) is 0. The summed E-state index contributed by atoms with van der Waals surface area (Å²) in [6.07, 6.45) is 1.55. The van der Waals surface area contributed by atoms with E-state index in [1.807, 2.05) is 37.3 Å². The van der Waals surface area contributed by atoms with Gasteiger partial charge in [0.2, 0.25) is 0 Å². The minimum Gasteiger partial charge on any atom is -0.457 e. The molecule has 0 bridgehead atoms. The number of furan rings is 1. The van der Waals surface area contributed by atoms with Crippen molar-refractivity contribution in [1.82, 2.24) is 4.90 Å². The quantitative estimate of drug-likeness (QED) is 0.301. The third-order valence-corrected chi connectivity index (χ3v) is 5.78. The maximum atomic E-state index is 13.3. The highest BCUT2D eigenvalue weighted by Crippen LogP contribution is 2.30. The number of nitrogens with zero attached hydrogens (tertiary/aromatic N) is 2. The molecule has 2 aromatic carbocycles. The number of amides is 2. The Balaban J connectivity index is 1.67. The zero-order chi connectivity index (χ0) is 24.4. The van der Waals surface area contributed by atoms with Gasteiger partial charge in [-0.15, -0.1) is 0 Å². The van der Waals surface area contributed by atoms with Crippen molar-refractivity contribution in [1.29, 1.82) is 5.26 Å². The van der Waals surface area contributed by atoms with Crippen molar-refractivity contribution in [3.8, 4) is 17.4 Å². The number of hydrogen-bond donors (Lipinski definition) is 0. The summed E-state index contributed by atoms with van der Waals surface area (Å²) in [5.74, 6) is -0.123. The largest absolute Gasteiger partial charge is 0.457 e. The van der Waals surface area contributed by atoms with E-state index >= 15 is 0 Å². The lowest BCUT2D eigenvalue weighted by Gasteiger charge is -2.27. The molecule has 0 saturated heterocycles. The van der Waals surface area contributed by atoms with Crippen molar-refractivity contribution >= 4 is 23.7 Å². The summed E-state index contributed by atoms with van der Waals surface area (Å²) >= 11 is 0. The number of hydrogen-bond acceptors (Lipinski definition) is 5. The molecular weight excluding hydrogens is 428 g/mol. The first kappa shape index (κ1) is 22.7. The molecule has 2 heterocycles. The van der Waals surface area contributed by atoms with Crippen LogP contribution in [0.4, 0.5) is 0 Å². The molecule has 34 heavy (non-hydrogen) atoms. The van der Waals surface area contributed by atoms with Gasteiger partial charge in [0.05, 0.1) is 6.54 Å². The van der Waals surface area contributed by atoms with Gasteiger partial charge in [-0.1, -0.05) is 54.1 Å². The van der Waals surface area contributed by atoms with Crippen LogP contribution in [0.2, 0.25) is 0 Å². The molecule has 168 valence electrons. The van der Waals surface area contributed by atoms with Crippen molar-refractivity contribution in [2.75, 3.05) is 0 Å². The molecule has 0 atom stereocenters. The highest BCUT2D eigenvalue weighted by Gasteiger charge is 2.35. The maximum Gasteiger partial charge on any atom is 0.271 e. The number of nitriles is 1. The summed E-state index contributed by atoms with van der Waals surface area (Å²) in [4.78, 5) is 38.7. The van der Waals surface area contributed by atoms with E-state index in [9.17, 15) is 19.6 Å². The summed E-state index contributed by atoms with van der Waals surface area (Å²) in [5, 5.41) is 9.60. The Morgan fingerprint density at radius 3 is 2.26 bits per heavy atom. The summed E-state index contributed by atoms with van der Waals surface area (Å²) in [6.45, 7) is 5.12. The molecule has 1 aromatic heterocycles. The van der Waals surface area contributed by atoms with Crippen molar-refractivity contribution in [3.63, 3.8) is 0 Å². The number of ketones is 1. The van der Waals surface area contributed by atoms with Crippen LogP contribution in [0.15, 0.2) is 81.8 Å². The van der Waals surface area contributed by atoms with Crippen LogP contribution in [0.1, 0.15) is 41.1 Å². The lowest BCUT2D eigenvalue weighted by Crippen LogP contribution is -2.42. The average Bonchev–Trinajstić information content (AvgIpc) is 3.30. The fourth-order valence-electron chi connectivity index (χ4n) is 3.75. The van der Waals surface area contributed by atoms with Crippen LogP contribution in [-0.4, -0.2) is 22.5 Å². The fraction of sp³-hybridized carbons (Fsp3) is 0.143. The van der Waals surface area contributed by atoms with Gasteiger partial charge >= 0.3 is 0 Å². The van der Waals surface area contributed by atoms with Crippen LogP contribution in [0, 0.1) is 18.3 Å². The minimum absolute atomic E-state index is 0.0208. The maximum absolute atomic E-state index is 13.3. The molecule has 1 aliphatic rings. The van der Waals surface area contributed by atoms with Crippen LogP contribution in [0.3, 0.4) is 0 Å². The molecule has 0 unspecified atom stereocenters. The van der Waals surface area contributed by atoms with Crippen LogP contribution < -0.4 is 0 Å². The monoisotopic (exact) mass is 450 g/mol. The Morgan fingerprint density at radius 1 is 0.971 bits per heavy atom. The molecule has 0 aliphatic carbocycles. The van der Waals surface area contributed by atoms with Gasteiger partial charge in [0, 0.05) is 16.7 Å². The second-order valence-electron chi connectivity index (χ2n) is 8.19. The molecular formula is C28H22N2O4. The van der Waals surface area contributed by atoms with E-state index in [-0.39, 0.29) is 23.5 Å². The van der Waals surface area contributed by atoms with Gasteiger partial charge in [0.1, 0.15) is 23.2 Å². The number of carbonyl (C=O) groups excluding carboxylic acids is 3. The molecule has 0 N–H and O–H groups in total. The molecule has 0 fully saturated rings. The molecule has 0 saturated carbocycles. The molecule has 0 radical (unpaired) electrons. The number of Topliss-reactive ketones (excluding diaryl/α,β-unsaturated/α-hetero) is 1. The fourth-order valence-corrected chi connectivity index (χ4v) is 3.75. The summed E-state index contributed by atoms with van der Waals surface area (Å²) < 4.78 is 5.91. The zero-order valence-corrected chi connectivity index (χ0v) is 19.1. The van der Waals surface area contributed by atoms with Crippen molar-refractivity contribution in [2.45, 2.75) is 27.3 Å². The standard InChI is InChI=1S/C28H22N2O4/c1-17-4-6-20(7-5-17)16-30-27(32)24(18(2)25(15-29)28(30)33)14-23-12-13-26(34-23)22-10-8-21(9-11-22)19(3)31/h4-14H,16H2,1-3H3/b24-14+. The van der Waals surface area contributed by atoms with Gasteiger partial charge < -0.3 is 4.42 Å². The third kappa shape index (κ3) is 4.37. The zero-order valence-electron chi connectivity index (χ0n) is 19.1. The molecule has 6 heteroatoms. The van der Waals surface area contributed by atoms with E-state index in [0.717, 1.165) is 21.6 Å². The third-order valence-electron chi connectivity index (χ3n) is 5.78. The van der Waals surface area contributed by atoms with Gasteiger partial charge in [-0.25, -0.2) is 0 Å². The lowest BCUT2D eigenvalue weighted by molar-refractivity contribution is -0.141. The van der Waals surface area contributed by atoms with Gasteiger partial charge in [-0.2, -0.15) is 5.26 Å². The van der Waals surface area contributed by atoms with Crippen molar-refractivity contribution in [2.24, 2.45) is 0 Å². The van der Waals surface area contributed by atoms with Crippen LogP contribution >= 0.6 is 0 Å². The number of carbonyl (C=O) groups is 3. The SMILES string of the molecule is CC(=O)c1ccc(-c2ccc(/C=C3/C(=O)N(Cc4ccc(C)cc4)C(=O)C(C#N)=C3C)o2)cc1. The lowest BCUT2D eigenvalue weighted by atomic mass is 9.94. The Bertz CT molecular complexity index is 1400. The van der Waals surface area contributed by atoms with Crippen LogP contribution in [-0.2, 0) is 16.1 Å². The van der Waals surface area contributed by atoms with E-state index in [1.54, 1.807) is 49.4 Å². The Kier molecular flexibility index (Phi) is 6.11. The first-order valence-electron chi connectivity index (χ1n) is 10.7. The molecule has 2 amide bonds. The van der Waals surface area contributed by atoms with Gasteiger partial charge in [0.25, 0.3) is 11.8 Å². The smallest absolute Gasteiger partial charge is 0.271 e. The number of aryl methyl sites for hydroxylation is 1. The van der Waals surface area contributed by atoms with Crippen molar-refractivity contribution in [3.05, 3.63) is 99.8 Å². The number of imide groups is 1. The van der Waals surface area contributed by atoms with E-state index in [0.29, 0.717) is 22.7 Å². The van der Waals surface area contributed by atoms with Crippen molar-refractivity contribution < 1.29 is 18.8 Å². The minimum atomic E-state index is -0.603. The Labute approximate surface area is 197 Å². The van der Waals surface area contributed by atoms with E-state index in [4.69, 9.17) is 4.42 Å². The normalized spacial score (nSPS) is 15.1. The Morgan fingerprint density at radius 2 is 1.65 bits per heavy atom. The molecule has 0 spiro atoms.